The highest BCUT2D eigenvalue weighted by Crippen LogP contribution is 2.29. The topological polar surface area (TPSA) is 51.4 Å². The Bertz CT molecular complexity index is 518. The smallest absolute Gasteiger partial charge is 0.139 e. The minimum Gasteiger partial charge on any atom is -0.389 e. The van der Waals surface area contributed by atoms with Crippen LogP contribution < -0.4 is 10.6 Å². The number of hydrogen-bond donors (Lipinski definition) is 1. The number of anilines is 1. The van der Waals surface area contributed by atoms with Gasteiger partial charge in [0.15, 0.2) is 0 Å². The molecule has 2 heterocycles. The van der Waals surface area contributed by atoms with Gasteiger partial charge < -0.3 is 15.4 Å². The van der Waals surface area contributed by atoms with Crippen molar-refractivity contribution in [3.05, 3.63) is 22.9 Å². The zero-order valence-corrected chi connectivity index (χ0v) is 12.0. The van der Waals surface area contributed by atoms with Crippen LogP contribution in [0.1, 0.15) is 30.2 Å². The molecule has 0 bridgehead atoms. The van der Waals surface area contributed by atoms with Gasteiger partial charge in [-0.3, -0.25) is 0 Å². The molecule has 0 spiro atoms. The Morgan fingerprint density at radius 2 is 2.37 bits per heavy atom. The second-order valence-electron chi connectivity index (χ2n) is 5.30. The lowest BCUT2D eigenvalue weighted by Crippen LogP contribution is -2.45. The van der Waals surface area contributed by atoms with Crippen LogP contribution in [0.2, 0.25) is 0 Å². The fourth-order valence-electron chi connectivity index (χ4n) is 2.90. The summed E-state index contributed by atoms with van der Waals surface area (Å²) in [5.74, 6) is 0.948. The number of aromatic nitrogens is 1. The lowest BCUT2D eigenvalue weighted by molar-refractivity contribution is 0.0985. The van der Waals surface area contributed by atoms with Gasteiger partial charge >= 0.3 is 0 Å². The third-order valence-corrected chi connectivity index (χ3v) is 4.16. The van der Waals surface area contributed by atoms with Crippen LogP contribution in [0.4, 0.5) is 5.82 Å². The molecule has 102 valence electrons. The molecule has 1 aliphatic carbocycles. The van der Waals surface area contributed by atoms with Crippen molar-refractivity contribution in [2.45, 2.75) is 32.2 Å². The summed E-state index contributed by atoms with van der Waals surface area (Å²) in [6.07, 6.45) is 3.34. The molecule has 19 heavy (non-hydrogen) atoms. The summed E-state index contributed by atoms with van der Waals surface area (Å²) < 4.78 is 5.49. The number of nitrogens with two attached hydrogens (primary N) is 1. The molecule has 1 aromatic heterocycles. The van der Waals surface area contributed by atoms with Crippen LogP contribution in [-0.4, -0.2) is 35.8 Å². The maximum Gasteiger partial charge on any atom is 0.139 e. The van der Waals surface area contributed by atoms with Gasteiger partial charge in [-0.15, -0.1) is 0 Å². The Labute approximate surface area is 118 Å². The van der Waals surface area contributed by atoms with Gasteiger partial charge in [0.1, 0.15) is 10.8 Å². The molecular formula is C14H19N3OS. The molecule has 2 aliphatic rings. The molecule has 5 heteroatoms. The standard InChI is InChI=1S/C14H19N3OS/c1-9-8-18-6-5-17(9)14-11(13(15)19)7-10-3-2-4-12(10)16-14/h7,9H,2-6,8H2,1H3,(H2,15,19). The van der Waals surface area contributed by atoms with Gasteiger partial charge in [-0.2, -0.15) is 0 Å². The maximum atomic E-state index is 5.89. The molecule has 3 rings (SSSR count). The first-order valence-corrected chi connectivity index (χ1v) is 7.24. The van der Waals surface area contributed by atoms with E-state index in [1.54, 1.807) is 0 Å². The first-order chi connectivity index (χ1) is 9.16. The van der Waals surface area contributed by atoms with E-state index in [0.717, 1.165) is 44.0 Å². The Balaban J connectivity index is 2.05. The summed E-state index contributed by atoms with van der Waals surface area (Å²) in [6.45, 7) is 4.47. The Morgan fingerprint density at radius 1 is 1.53 bits per heavy atom. The molecule has 0 saturated carbocycles. The molecule has 1 unspecified atom stereocenters. The number of hydrogen-bond acceptors (Lipinski definition) is 4. The first kappa shape index (κ1) is 12.8. The van der Waals surface area contributed by atoms with Crippen molar-refractivity contribution in [1.29, 1.82) is 0 Å². The number of morpholine rings is 1. The highest BCUT2D eigenvalue weighted by molar-refractivity contribution is 7.80. The number of fused-ring (bicyclic) bond motifs is 1. The van der Waals surface area contributed by atoms with Crippen molar-refractivity contribution in [2.75, 3.05) is 24.7 Å². The van der Waals surface area contributed by atoms with Gasteiger partial charge in [-0.1, -0.05) is 12.2 Å². The van der Waals surface area contributed by atoms with Gasteiger partial charge in [0.05, 0.1) is 24.8 Å². The fourth-order valence-corrected chi connectivity index (χ4v) is 3.05. The highest BCUT2D eigenvalue weighted by atomic mass is 32.1. The van der Waals surface area contributed by atoms with Gasteiger partial charge in [-0.25, -0.2) is 4.98 Å². The van der Waals surface area contributed by atoms with Crippen molar-refractivity contribution in [2.24, 2.45) is 5.73 Å². The maximum absolute atomic E-state index is 5.89. The van der Waals surface area contributed by atoms with E-state index in [1.807, 2.05) is 0 Å². The largest absolute Gasteiger partial charge is 0.389 e. The summed E-state index contributed by atoms with van der Waals surface area (Å²) in [5.41, 5.74) is 9.34. The van der Waals surface area contributed by atoms with Crippen molar-refractivity contribution in [3.8, 4) is 0 Å². The van der Waals surface area contributed by atoms with Crippen molar-refractivity contribution >= 4 is 23.0 Å². The monoisotopic (exact) mass is 277 g/mol. The third kappa shape index (κ3) is 2.32. The Morgan fingerprint density at radius 3 is 3.11 bits per heavy atom. The van der Waals surface area contributed by atoms with Gasteiger partial charge in [0, 0.05) is 12.2 Å². The second-order valence-corrected chi connectivity index (χ2v) is 5.74. The average Bonchev–Trinajstić information content (AvgIpc) is 2.85. The molecule has 0 aromatic carbocycles. The second kappa shape index (κ2) is 5.06. The third-order valence-electron chi connectivity index (χ3n) is 3.94. The summed E-state index contributed by atoms with van der Waals surface area (Å²) in [4.78, 5) is 7.57. The van der Waals surface area contributed by atoms with Crippen LogP contribution >= 0.6 is 12.2 Å². The van der Waals surface area contributed by atoms with E-state index in [1.165, 1.54) is 17.7 Å². The fraction of sp³-hybridized carbons (Fsp3) is 0.571. The molecule has 0 amide bonds. The first-order valence-electron chi connectivity index (χ1n) is 6.84. The summed E-state index contributed by atoms with van der Waals surface area (Å²) in [6, 6.07) is 2.46. The van der Waals surface area contributed by atoms with Gasteiger partial charge in [0.2, 0.25) is 0 Å². The molecular weight excluding hydrogens is 258 g/mol. The number of ether oxygens (including phenoxy) is 1. The number of pyridine rings is 1. The molecule has 4 nitrogen and oxygen atoms in total. The van der Waals surface area contributed by atoms with E-state index in [4.69, 9.17) is 27.7 Å². The van der Waals surface area contributed by atoms with Crippen molar-refractivity contribution in [1.82, 2.24) is 4.98 Å². The van der Waals surface area contributed by atoms with E-state index >= 15 is 0 Å². The Hall–Kier alpha value is -1.20. The zero-order valence-electron chi connectivity index (χ0n) is 11.2. The molecule has 1 aromatic rings. The van der Waals surface area contributed by atoms with Crippen LogP contribution in [0, 0.1) is 0 Å². The molecule has 1 fully saturated rings. The van der Waals surface area contributed by atoms with E-state index in [-0.39, 0.29) is 0 Å². The number of nitrogens with zero attached hydrogens (tertiary/aromatic N) is 2. The summed E-state index contributed by atoms with van der Waals surface area (Å²) >= 11 is 5.21. The lowest BCUT2D eigenvalue weighted by Gasteiger charge is -2.35. The zero-order chi connectivity index (χ0) is 13.4. The number of rotatable bonds is 2. The van der Waals surface area contributed by atoms with E-state index in [0.29, 0.717) is 11.0 Å². The normalized spacial score (nSPS) is 22.4. The van der Waals surface area contributed by atoms with Gasteiger partial charge in [-0.05, 0) is 37.8 Å². The van der Waals surface area contributed by atoms with Crippen LogP contribution in [0.3, 0.4) is 0 Å². The minimum absolute atomic E-state index is 0.314. The molecule has 1 atom stereocenters. The van der Waals surface area contributed by atoms with E-state index in [9.17, 15) is 0 Å². The van der Waals surface area contributed by atoms with Crippen LogP contribution in [0.5, 0.6) is 0 Å². The lowest BCUT2D eigenvalue weighted by atomic mass is 10.1. The summed E-state index contributed by atoms with van der Waals surface area (Å²) in [5, 5.41) is 0. The van der Waals surface area contributed by atoms with E-state index < -0.39 is 0 Å². The quantitative estimate of drug-likeness (QED) is 0.829. The van der Waals surface area contributed by atoms with Crippen molar-refractivity contribution < 1.29 is 4.74 Å². The van der Waals surface area contributed by atoms with E-state index in [2.05, 4.69) is 17.9 Å². The number of thiocarbonyl (C=S) groups is 1. The van der Waals surface area contributed by atoms with Crippen LogP contribution in [-0.2, 0) is 17.6 Å². The molecule has 1 saturated heterocycles. The SMILES string of the molecule is CC1COCCN1c1nc2c(cc1C(N)=S)CCC2. The predicted molar refractivity (Wildman–Crippen MR) is 79.8 cm³/mol. The predicted octanol–water partition coefficient (Wildman–Crippen LogP) is 1.43. The van der Waals surface area contributed by atoms with Crippen LogP contribution in [0.25, 0.3) is 0 Å². The Kier molecular flexibility index (Phi) is 3.41. The summed E-state index contributed by atoms with van der Waals surface area (Å²) in [7, 11) is 0. The molecule has 0 radical (unpaired) electrons. The van der Waals surface area contributed by atoms with Gasteiger partial charge in [0.25, 0.3) is 0 Å². The number of aryl methyl sites for hydroxylation is 2. The average molecular weight is 277 g/mol. The van der Waals surface area contributed by atoms with Crippen molar-refractivity contribution in [3.63, 3.8) is 0 Å². The molecule has 2 N–H and O–H groups in total. The highest BCUT2D eigenvalue weighted by Gasteiger charge is 2.26. The molecule has 1 aliphatic heterocycles. The van der Waals surface area contributed by atoms with Crippen LogP contribution in [0.15, 0.2) is 6.07 Å². The minimum atomic E-state index is 0.314.